The van der Waals surface area contributed by atoms with E-state index in [1.807, 2.05) is 0 Å². The van der Waals surface area contributed by atoms with Crippen molar-refractivity contribution in [2.45, 2.75) is 38.2 Å². The SMILES string of the molecule is CO[Si]CCC[Si](C)(C)C. The van der Waals surface area contributed by atoms with Crippen LogP contribution < -0.4 is 0 Å². The molecule has 0 aromatic rings. The lowest BCUT2D eigenvalue weighted by molar-refractivity contribution is 0.440. The summed E-state index contributed by atoms with van der Waals surface area (Å²) >= 11 is 0. The van der Waals surface area contributed by atoms with Crippen LogP contribution in [0.25, 0.3) is 0 Å². The number of hydrogen-bond donors (Lipinski definition) is 0. The molecule has 0 rings (SSSR count). The van der Waals surface area contributed by atoms with Crippen molar-refractivity contribution < 1.29 is 4.43 Å². The van der Waals surface area contributed by atoms with Crippen LogP contribution in [0.2, 0.25) is 31.7 Å². The van der Waals surface area contributed by atoms with Gasteiger partial charge in [0.05, 0.1) is 0 Å². The molecule has 0 aromatic heterocycles. The fourth-order valence-corrected chi connectivity index (χ4v) is 2.91. The molecule has 0 heterocycles. The monoisotopic (exact) mass is 174 g/mol. The van der Waals surface area contributed by atoms with E-state index in [1.165, 1.54) is 18.5 Å². The predicted molar refractivity (Wildman–Crippen MR) is 50.3 cm³/mol. The summed E-state index contributed by atoms with van der Waals surface area (Å²) in [4.78, 5) is 0. The zero-order valence-corrected chi connectivity index (χ0v) is 9.53. The summed E-state index contributed by atoms with van der Waals surface area (Å²) in [6, 6.07) is 2.71. The first kappa shape index (κ1) is 10.4. The molecule has 0 aromatic carbocycles. The summed E-state index contributed by atoms with van der Waals surface area (Å²) in [5.41, 5.74) is 0. The van der Waals surface area contributed by atoms with Gasteiger partial charge in [-0.3, -0.25) is 0 Å². The Balaban J connectivity index is 3.04. The Morgan fingerprint density at radius 2 is 1.90 bits per heavy atom. The van der Waals surface area contributed by atoms with Gasteiger partial charge in [0.1, 0.15) is 0 Å². The molecular formula is C7H18OSi2. The van der Waals surface area contributed by atoms with Gasteiger partial charge in [0.2, 0.25) is 9.76 Å². The molecule has 1 nitrogen and oxygen atoms in total. The number of hydrogen-bond acceptors (Lipinski definition) is 1. The van der Waals surface area contributed by atoms with E-state index in [0.717, 1.165) is 9.76 Å². The fourth-order valence-electron chi connectivity index (χ4n) is 0.793. The Morgan fingerprint density at radius 1 is 1.30 bits per heavy atom. The molecule has 0 aliphatic carbocycles. The van der Waals surface area contributed by atoms with Crippen LogP contribution in [0.15, 0.2) is 0 Å². The average Bonchev–Trinajstić information content (AvgIpc) is 1.78. The van der Waals surface area contributed by atoms with Gasteiger partial charge in [-0.15, -0.1) is 0 Å². The van der Waals surface area contributed by atoms with Crippen LogP contribution in [-0.2, 0) is 4.43 Å². The zero-order chi connectivity index (χ0) is 8.04. The van der Waals surface area contributed by atoms with Gasteiger partial charge in [-0.05, 0) is 6.04 Å². The van der Waals surface area contributed by atoms with Crippen molar-refractivity contribution in [3.63, 3.8) is 0 Å². The third-order valence-electron chi connectivity index (χ3n) is 1.35. The lowest BCUT2D eigenvalue weighted by Crippen LogP contribution is -2.18. The summed E-state index contributed by atoms with van der Waals surface area (Å²) < 4.78 is 5.00. The highest BCUT2D eigenvalue weighted by molar-refractivity contribution is 6.76. The third-order valence-corrected chi connectivity index (χ3v) is 4.05. The fraction of sp³-hybridized carbons (Fsp3) is 1.00. The first-order valence-corrected chi connectivity index (χ1v) is 8.64. The first-order valence-electron chi connectivity index (χ1n) is 3.82. The highest BCUT2D eigenvalue weighted by Crippen LogP contribution is 2.12. The Hall–Kier alpha value is 0.394. The van der Waals surface area contributed by atoms with Crippen LogP contribution in [-0.4, -0.2) is 24.9 Å². The minimum Gasteiger partial charge on any atom is -0.421 e. The molecule has 0 atom stereocenters. The highest BCUT2D eigenvalue weighted by Gasteiger charge is 2.11. The summed E-state index contributed by atoms with van der Waals surface area (Å²) in [5.74, 6) is 0. The molecule has 0 amide bonds. The second kappa shape index (κ2) is 5.10. The van der Waals surface area contributed by atoms with E-state index in [0.29, 0.717) is 0 Å². The van der Waals surface area contributed by atoms with Gasteiger partial charge >= 0.3 is 0 Å². The van der Waals surface area contributed by atoms with Crippen LogP contribution in [0.5, 0.6) is 0 Å². The van der Waals surface area contributed by atoms with Crippen LogP contribution in [0.4, 0.5) is 0 Å². The smallest absolute Gasteiger partial charge is 0.229 e. The van der Waals surface area contributed by atoms with Crippen molar-refractivity contribution in [1.29, 1.82) is 0 Å². The van der Waals surface area contributed by atoms with E-state index in [2.05, 4.69) is 19.6 Å². The highest BCUT2D eigenvalue weighted by atomic mass is 28.3. The predicted octanol–water partition coefficient (Wildman–Crippen LogP) is 2.40. The molecular weight excluding hydrogens is 156 g/mol. The molecule has 0 spiro atoms. The van der Waals surface area contributed by atoms with Crippen molar-refractivity contribution in [3.05, 3.63) is 0 Å². The largest absolute Gasteiger partial charge is 0.421 e. The molecule has 3 heteroatoms. The molecule has 0 bridgehead atoms. The molecule has 0 fully saturated rings. The number of rotatable bonds is 5. The van der Waals surface area contributed by atoms with Gasteiger partial charge < -0.3 is 4.43 Å². The molecule has 0 saturated carbocycles. The second-order valence-corrected chi connectivity index (χ2v) is 10.6. The molecule has 0 unspecified atom stereocenters. The summed E-state index contributed by atoms with van der Waals surface area (Å²) in [7, 11) is 1.75. The first-order chi connectivity index (χ1) is 4.56. The van der Waals surface area contributed by atoms with Gasteiger partial charge in [-0.1, -0.05) is 32.1 Å². The van der Waals surface area contributed by atoms with E-state index in [9.17, 15) is 0 Å². The Morgan fingerprint density at radius 3 is 2.30 bits per heavy atom. The summed E-state index contributed by atoms with van der Waals surface area (Å²) in [6.45, 7) is 7.26. The maximum atomic E-state index is 5.00. The van der Waals surface area contributed by atoms with Crippen LogP contribution >= 0.6 is 0 Å². The molecule has 60 valence electrons. The normalized spacial score (nSPS) is 12.0. The lowest BCUT2D eigenvalue weighted by Gasteiger charge is -2.14. The quantitative estimate of drug-likeness (QED) is 0.459. The van der Waals surface area contributed by atoms with E-state index < -0.39 is 8.07 Å². The minimum atomic E-state index is -0.758. The van der Waals surface area contributed by atoms with Crippen molar-refractivity contribution in [3.8, 4) is 0 Å². The summed E-state index contributed by atoms with van der Waals surface area (Å²) in [6.07, 6.45) is 1.36. The third kappa shape index (κ3) is 8.39. The average molecular weight is 174 g/mol. The molecule has 2 radical (unpaired) electrons. The van der Waals surface area contributed by atoms with Crippen LogP contribution in [0.3, 0.4) is 0 Å². The second-order valence-electron chi connectivity index (χ2n) is 3.76. The van der Waals surface area contributed by atoms with E-state index >= 15 is 0 Å². The topological polar surface area (TPSA) is 9.23 Å². The van der Waals surface area contributed by atoms with E-state index in [1.54, 1.807) is 7.11 Å². The Bertz CT molecular complexity index is 78.2. The van der Waals surface area contributed by atoms with Gasteiger partial charge in [0, 0.05) is 15.2 Å². The van der Waals surface area contributed by atoms with E-state index in [-0.39, 0.29) is 0 Å². The minimum absolute atomic E-state index is 0.723. The van der Waals surface area contributed by atoms with Crippen molar-refractivity contribution in [2.24, 2.45) is 0 Å². The molecule has 0 saturated heterocycles. The van der Waals surface area contributed by atoms with Crippen LogP contribution in [0, 0.1) is 0 Å². The van der Waals surface area contributed by atoms with Crippen molar-refractivity contribution in [2.75, 3.05) is 7.11 Å². The van der Waals surface area contributed by atoms with Gasteiger partial charge in [-0.2, -0.15) is 0 Å². The molecule has 0 N–H and O–H groups in total. The van der Waals surface area contributed by atoms with Crippen molar-refractivity contribution >= 4 is 17.8 Å². The maximum absolute atomic E-state index is 5.00. The van der Waals surface area contributed by atoms with Gasteiger partial charge in [0.15, 0.2) is 0 Å². The summed E-state index contributed by atoms with van der Waals surface area (Å²) in [5, 5.41) is 0. The standard InChI is InChI=1S/C7H18OSi2/c1-8-9-6-5-7-10(2,3)4/h5-7H2,1-4H3. The lowest BCUT2D eigenvalue weighted by atomic mass is 10.6. The van der Waals surface area contributed by atoms with Gasteiger partial charge in [0.25, 0.3) is 0 Å². The Kier molecular flexibility index (Phi) is 5.30. The molecule has 10 heavy (non-hydrogen) atoms. The molecule has 0 aliphatic heterocycles. The zero-order valence-electron chi connectivity index (χ0n) is 7.53. The van der Waals surface area contributed by atoms with E-state index in [4.69, 9.17) is 4.43 Å². The van der Waals surface area contributed by atoms with Gasteiger partial charge in [-0.25, -0.2) is 0 Å². The Labute approximate surface area is 68.1 Å². The van der Waals surface area contributed by atoms with Crippen LogP contribution in [0.1, 0.15) is 6.42 Å². The molecule has 0 aliphatic rings. The maximum Gasteiger partial charge on any atom is 0.229 e. The van der Waals surface area contributed by atoms with Crippen molar-refractivity contribution in [1.82, 2.24) is 0 Å².